The maximum Gasteiger partial charge on any atom is 0.267 e. The third-order valence-corrected chi connectivity index (χ3v) is 6.93. The molecule has 0 aliphatic heterocycles. The van der Waals surface area contributed by atoms with Gasteiger partial charge >= 0.3 is 0 Å². The molecule has 1 amide bonds. The molecule has 0 atom stereocenters. The molecule has 0 aliphatic carbocycles. The van der Waals surface area contributed by atoms with E-state index < -0.39 is 15.9 Å². The van der Waals surface area contributed by atoms with Gasteiger partial charge < -0.3 is 5.32 Å². The summed E-state index contributed by atoms with van der Waals surface area (Å²) >= 11 is 2.06. The number of thiophene rings is 1. The number of nitrogens with zero attached hydrogens (tertiary/aromatic N) is 3. The SMILES string of the molecule is N#Cc1ccc(NC(=O)c2sccc2S(=O)(=O)Nc2ccc3nsnc3c2)cc1. The fourth-order valence-electron chi connectivity index (χ4n) is 2.55. The highest BCUT2D eigenvalue weighted by molar-refractivity contribution is 7.93. The van der Waals surface area contributed by atoms with E-state index >= 15 is 0 Å². The average molecular weight is 442 g/mol. The molecule has 2 aromatic carbocycles. The Bertz CT molecular complexity index is 1350. The van der Waals surface area contributed by atoms with E-state index in [4.69, 9.17) is 5.26 Å². The number of amides is 1. The highest BCUT2D eigenvalue weighted by atomic mass is 32.2. The van der Waals surface area contributed by atoms with Crippen LogP contribution in [0, 0.1) is 11.3 Å². The zero-order valence-corrected chi connectivity index (χ0v) is 16.9. The van der Waals surface area contributed by atoms with Crippen molar-refractivity contribution in [1.29, 1.82) is 5.26 Å². The first kappa shape index (κ1) is 19.0. The molecular weight excluding hydrogens is 430 g/mol. The lowest BCUT2D eigenvalue weighted by Gasteiger charge is -2.09. The number of sulfonamides is 1. The van der Waals surface area contributed by atoms with Crippen LogP contribution >= 0.6 is 23.1 Å². The van der Waals surface area contributed by atoms with Crippen molar-refractivity contribution in [3.63, 3.8) is 0 Å². The third kappa shape index (κ3) is 3.95. The van der Waals surface area contributed by atoms with Crippen LogP contribution in [0.1, 0.15) is 15.2 Å². The lowest BCUT2D eigenvalue weighted by molar-refractivity contribution is 0.102. The number of carbonyl (C=O) groups excluding carboxylic acids is 1. The number of rotatable bonds is 5. The molecule has 11 heteroatoms. The summed E-state index contributed by atoms with van der Waals surface area (Å²) < 4.78 is 36.3. The molecule has 0 bridgehead atoms. The third-order valence-electron chi connectivity index (χ3n) is 3.90. The zero-order chi connectivity index (χ0) is 20.4. The lowest BCUT2D eigenvalue weighted by Crippen LogP contribution is -2.18. The van der Waals surface area contributed by atoms with Crippen molar-refractivity contribution in [3.8, 4) is 6.07 Å². The Labute approximate surface area is 173 Å². The van der Waals surface area contributed by atoms with Gasteiger partial charge in [-0.25, -0.2) is 8.42 Å². The van der Waals surface area contributed by atoms with Crippen LogP contribution in [0.2, 0.25) is 0 Å². The fraction of sp³-hybridized carbons (Fsp3) is 0. The average Bonchev–Trinajstić information content (AvgIpc) is 3.38. The molecule has 4 aromatic rings. The summed E-state index contributed by atoms with van der Waals surface area (Å²) in [5.74, 6) is -0.552. The Morgan fingerprint density at radius 1 is 1.00 bits per heavy atom. The van der Waals surface area contributed by atoms with Crippen LogP contribution in [0.5, 0.6) is 0 Å². The Morgan fingerprint density at radius 3 is 2.48 bits per heavy atom. The highest BCUT2D eigenvalue weighted by Gasteiger charge is 2.24. The number of fused-ring (bicyclic) bond motifs is 1. The molecule has 29 heavy (non-hydrogen) atoms. The summed E-state index contributed by atoms with van der Waals surface area (Å²) in [6.07, 6.45) is 0. The molecule has 2 heterocycles. The maximum absolute atomic E-state index is 12.8. The van der Waals surface area contributed by atoms with Crippen molar-refractivity contribution in [3.05, 3.63) is 64.4 Å². The summed E-state index contributed by atoms with van der Waals surface area (Å²) in [6.45, 7) is 0. The van der Waals surface area contributed by atoms with E-state index in [9.17, 15) is 13.2 Å². The molecule has 4 rings (SSSR count). The molecule has 0 aliphatic rings. The van der Waals surface area contributed by atoms with Gasteiger partial charge in [-0.1, -0.05) is 0 Å². The van der Waals surface area contributed by atoms with Crippen molar-refractivity contribution in [2.75, 3.05) is 10.0 Å². The molecule has 0 spiro atoms. The minimum atomic E-state index is -3.99. The molecule has 0 fully saturated rings. The minimum Gasteiger partial charge on any atom is -0.321 e. The lowest BCUT2D eigenvalue weighted by atomic mass is 10.2. The topological polar surface area (TPSA) is 125 Å². The standard InChI is InChI=1S/C18H11N5O3S3/c19-10-11-1-3-12(4-2-11)20-18(24)17-16(7-8-27-17)29(25,26)23-13-5-6-14-15(9-13)22-28-21-14/h1-9,23H,(H,20,24). The van der Waals surface area contributed by atoms with Crippen LogP contribution in [0.15, 0.2) is 58.8 Å². The number of carbonyl (C=O) groups is 1. The second-order valence-electron chi connectivity index (χ2n) is 5.83. The van der Waals surface area contributed by atoms with Crippen LogP contribution in [0.25, 0.3) is 11.0 Å². The van der Waals surface area contributed by atoms with Gasteiger partial charge in [0.1, 0.15) is 20.8 Å². The van der Waals surface area contributed by atoms with Crippen molar-refractivity contribution in [2.24, 2.45) is 0 Å². The molecule has 0 radical (unpaired) electrons. The van der Waals surface area contributed by atoms with Crippen LogP contribution < -0.4 is 10.0 Å². The first-order valence-electron chi connectivity index (χ1n) is 8.10. The Kier molecular flexibility index (Phi) is 4.98. The number of nitrogens with one attached hydrogen (secondary N) is 2. The highest BCUT2D eigenvalue weighted by Crippen LogP contribution is 2.26. The Morgan fingerprint density at radius 2 is 1.72 bits per heavy atom. The molecule has 0 saturated heterocycles. The summed E-state index contributed by atoms with van der Waals surface area (Å²) in [6, 6.07) is 14.5. The van der Waals surface area contributed by atoms with Crippen molar-refractivity contribution in [1.82, 2.24) is 8.75 Å². The molecule has 0 unspecified atom stereocenters. The van der Waals surface area contributed by atoms with E-state index in [2.05, 4.69) is 18.8 Å². The summed E-state index contributed by atoms with van der Waals surface area (Å²) in [5.41, 5.74) is 2.50. The first-order valence-corrected chi connectivity index (χ1v) is 11.2. The van der Waals surface area contributed by atoms with Crippen LogP contribution in [0.3, 0.4) is 0 Å². The van der Waals surface area contributed by atoms with Crippen molar-refractivity contribution < 1.29 is 13.2 Å². The van der Waals surface area contributed by atoms with Crippen molar-refractivity contribution >= 4 is 61.4 Å². The predicted octanol–water partition coefficient (Wildman–Crippen LogP) is 3.68. The van der Waals surface area contributed by atoms with Crippen molar-refractivity contribution in [2.45, 2.75) is 4.90 Å². The van der Waals surface area contributed by atoms with Gasteiger partial charge in [-0.3, -0.25) is 9.52 Å². The number of benzene rings is 2. The number of nitriles is 1. The number of hydrogen-bond acceptors (Lipinski definition) is 8. The molecule has 144 valence electrons. The number of hydrogen-bond donors (Lipinski definition) is 2. The molecule has 2 N–H and O–H groups in total. The van der Waals surface area contributed by atoms with Gasteiger partial charge in [-0.2, -0.15) is 14.0 Å². The predicted molar refractivity (Wildman–Crippen MR) is 112 cm³/mol. The second-order valence-corrected chi connectivity index (χ2v) is 8.93. The summed E-state index contributed by atoms with van der Waals surface area (Å²) in [5, 5.41) is 13.0. The number of anilines is 2. The quantitative estimate of drug-likeness (QED) is 0.487. The smallest absolute Gasteiger partial charge is 0.267 e. The van der Waals surface area contributed by atoms with Gasteiger partial charge in [0.2, 0.25) is 0 Å². The maximum atomic E-state index is 12.8. The Hall–Kier alpha value is -3.33. The van der Waals surface area contributed by atoms with Gasteiger partial charge in [0.15, 0.2) is 0 Å². The van der Waals surface area contributed by atoms with Gasteiger partial charge in [0, 0.05) is 5.69 Å². The molecular formula is C18H11N5O3S3. The van der Waals surface area contributed by atoms with E-state index in [-0.39, 0.29) is 9.77 Å². The molecule has 8 nitrogen and oxygen atoms in total. The second kappa shape index (κ2) is 7.59. The van der Waals surface area contributed by atoms with E-state index in [1.807, 2.05) is 6.07 Å². The zero-order valence-electron chi connectivity index (χ0n) is 14.5. The van der Waals surface area contributed by atoms with E-state index in [1.165, 1.54) is 11.4 Å². The normalized spacial score (nSPS) is 11.1. The van der Waals surface area contributed by atoms with E-state index in [1.54, 1.807) is 42.5 Å². The van der Waals surface area contributed by atoms with E-state index in [0.29, 0.717) is 28.0 Å². The van der Waals surface area contributed by atoms with Gasteiger partial charge in [0.05, 0.1) is 29.0 Å². The molecule has 0 saturated carbocycles. The number of aromatic nitrogens is 2. The van der Waals surface area contributed by atoms with Gasteiger partial charge in [-0.05, 0) is 53.9 Å². The monoisotopic (exact) mass is 441 g/mol. The van der Waals surface area contributed by atoms with Crippen LogP contribution in [0.4, 0.5) is 11.4 Å². The fourth-order valence-corrected chi connectivity index (χ4v) is 5.44. The van der Waals surface area contributed by atoms with Crippen LogP contribution in [-0.2, 0) is 10.0 Å². The Balaban J connectivity index is 1.58. The first-order chi connectivity index (χ1) is 14.0. The summed E-state index contributed by atoms with van der Waals surface area (Å²) in [7, 11) is -3.99. The van der Waals surface area contributed by atoms with Crippen LogP contribution in [-0.4, -0.2) is 23.1 Å². The summed E-state index contributed by atoms with van der Waals surface area (Å²) in [4.78, 5) is 12.5. The largest absolute Gasteiger partial charge is 0.321 e. The molecule has 2 aromatic heterocycles. The van der Waals surface area contributed by atoms with E-state index in [0.717, 1.165) is 23.1 Å². The van der Waals surface area contributed by atoms with Gasteiger partial charge in [-0.15, -0.1) is 11.3 Å². The minimum absolute atomic E-state index is 0.0539. The van der Waals surface area contributed by atoms with Gasteiger partial charge in [0.25, 0.3) is 15.9 Å².